The minimum Gasteiger partial charge on any atom is -0.370 e. The van der Waals surface area contributed by atoms with Crippen molar-refractivity contribution in [2.24, 2.45) is 16.5 Å². The van der Waals surface area contributed by atoms with Crippen LogP contribution in [0.5, 0.6) is 0 Å². The third-order valence-corrected chi connectivity index (χ3v) is 3.18. The first kappa shape index (κ1) is 16.2. The zero-order valence-corrected chi connectivity index (χ0v) is 11.9. The Morgan fingerprint density at radius 2 is 1.53 bits per heavy atom. The van der Waals surface area contributed by atoms with Crippen LogP contribution in [0.25, 0.3) is 0 Å². The van der Waals surface area contributed by atoms with Crippen molar-refractivity contribution in [3.05, 3.63) is 0 Å². The van der Waals surface area contributed by atoms with Gasteiger partial charge in [0.25, 0.3) is 0 Å². The molecular formula is C13H31N4+. The lowest BCUT2D eigenvalue weighted by Gasteiger charge is -2.34. The van der Waals surface area contributed by atoms with Crippen LogP contribution < -0.4 is 11.5 Å². The van der Waals surface area contributed by atoms with Crippen molar-refractivity contribution in [2.45, 2.75) is 46.0 Å². The molecule has 0 aliphatic heterocycles. The second kappa shape index (κ2) is 9.28. The van der Waals surface area contributed by atoms with Gasteiger partial charge in [-0.05, 0) is 32.1 Å². The van der Waals surface area contributed by atoms with Gasteiger partial charge in [0.1, 0.15) is 0 Å². The van der Waals surface area contributed by atoms with Crippen LogP contribution >= 0.6 is 0 Å². The molecule has 0 aromatic heterocycles. The molecule has 0 rings (SSSR count). The third-order valence-electron chi connectivity index (χ3n) is 3.18. The zero-order chi connectivity index (χ0) is 13.1. The highest BCUT2D eigenvalue weighted by Crippen LogP contribution is 2.09. The maximum atomic E-state index is 5.28. The molecule has 4 N–H and O–H groups in total. The number of aliphatic imine (C=N–C) groups is 1. The van der Waals surface area contributed by atoms with Gasteiger partial charge in [0.15, 0.2) is 5.96 Å². The molecule has 0 saturated carbocycles. The average molecular weight is 243 g/mol. The fourth-order valence-corrected chi connectivity index (χ4v) is 2.41. The highest BCUT2D eigenvalue weighted by Gasteiger charge is 2.18. The van der Waals surface area contributed by atoms with Gasteiger partial charge in [-0.2, -0.15) is 0 Å². The van der Waals surface area contributed by atoms with Crippen LogP contribution in [0.1, 0.15) is 46.0 Å². The van der Waals surface area contributed by atoms with Gasteiger partial charge in [0.2, 0.25) is 0 Å². The first-order valence-corrected chi connectivity index (χ1v) is 6.93. The van der Waals surface area contributed by atoms with Crippen LogP contribution in [0, 0.1) is 0 Å². The van der Waals surface area contributed by atoms with Crippen LogP contribution in [0.4, 0.5) is 0 Å². The maximum absolute atomic E-state index is 5.28. The van der Waals surface area contributed by atoms with E-state index in [2.05, 4.69) is 25.9 Å². The Bertz CT molecular complexity index is 203. The molecule has 0 radical (unpaired) electrons. The SMILES string of the molecule is CCC[N+](C)(CCC)CCCCCN=C(N)N. The standard InChI is InChI=1S/C13H31N4/c1-4-10-17(3,11-5-2)12-8-6-7-9-16-13(14)15/h4-12H2,1-3H3,(H4,14,15,16)/q+1. The molecule has 0 aliphatic carbocycles. The number of nitrogens with zero attached hydrogens (tertiary/aromatic N) is 2. The summed E-state index contributed by atoms with van der Waals surface area (Å²) in [7, 11) is 2.38. The molecule has 0 aliphatic rings. The summed E-state index contributed by atoms with van der Waals surface area (Å²) >= 11 is 0. The lowest BCUT2D eigenvalue weighted by molar-refractivity contribution is -0.909. The van der Waals surface area contributed by atoms with Gasteiger partial charge >= 0.3 is 0 Å². The summed E-state index contributed by atoms with van der Waals surface area (Å²) < 4.78 is 1.22. The van der Waals surface area contributed by atoms with Crippen LogP contribution in [-0.2, 0) is 0 Å². The molecule has 4 heteroatoms. The Kier molecular flexibility index (Phi) is 8.86. The molecule has 4 nitrogen and oxygen atoms in total. The Balaban J connectivity index is 3.71. The lowest BCUT2D eigenvalue weighted by Crippen LogP contribution is -2.45. The largest absolute Gasteiger partial charge is 0.370 e. The van der Waals surface area contributed by atoms with E-state index in [1.165, 1.54) is 49.8 Å². The van der Waals surface area contributed by atoms with Gasteiger partial charge in [-0.15, -0.1) is 0 Å². The third kappa shape index (κ3) is 8.98. The van der Waals surface area contributed by atoms with Gasteiger partial charge in [-0.1, -0.05) is 13.8 Å². The van der Waals surface area contributed by atoms with Crippen molar-refractivity contribution in [1.29, 1.82) is 0 Å². The fourth-order valence-electron chi connectivity index (χ4n) is 2.41. The minimum absolute atomic E-state index is 0.211. The summed E-state index contributed by atoms with van der Waals surface area (Å²) in [5.74, 6) is 0.211. The summed E-state index contributed by atoms with van der Waals surface area (Å²) in [6, 6.07) is 0. The molecule has 0 unspecified atom stereocenters. The predicted octanol–water partition coefficient (Wildman–Crippen LogP) is 1.70. The molecule has 0 saturated heterocycles. The second-order valence-electron chi connectivity index (χ2n) is 5.16. The number of rotatable bonds is 10. The highest BCUT2D eigenvalue weighted by molar-refractivity contribution is 5.75. The van der Waals surface area contributed by atoms with E-state index in [4.69, 9.17) is 11.5 Å². The van der Waals surface area contributed by atoms with Gasteiger partial charge in [0.05, 0.1) is 26.7 Å². The van der Waals surface area contributed by atoms with Gasteiger partial charge in [-0.25, -0.2) is 0 Å². The maximum Gasteiger partial charge on any atom is 0.185 e. The Hall–Kier alpha value is -0.770. The smallest absolute Gasteiger partial charge is 0.185 e. The van der Waals surface area contributed by atoms with Crippen LogP contribution in [0.15, 0.2) is 4.99 Å². The second-order valence-corrected chi connectivity index (χ2v) is 5.16. The molecule has 0 spiro atoms. The van der Waals surface area contributed by atoms with Crippen LogP contribution in [-0.4, -0.2) is 43.7 Å². The van der Waals surface area contributed by atoms with E-state index in [1.54, 1.807) is 0 Å². The summed E-state index contributed by atoms with van der Waals surface area (Å²) in [6.07, 6.45) is 6.12. The Morgan fingerprint density at radius 1 is 0.941 bits per heavy atom. The quantitative estimate of drug-likeness (QED) is 0.265. The zero-order valence-electron chi connectivity index (χ0n) is 11.9. The Morgan fingerprint density at radius 3 is 2.00 bits per heavy atom. The molecule has 0 aromatic carbocycles. The minimum atomic E-state index is 0.211. The van der Waals surface area contributed by atoms with Crippen molar-refractivity contribution in [1.82, 2.24) is 0 Å². The van der Waals surface area contributed by atoms with Crippen LogP contribution in [0.2, 0.25) is 0 Å². The molecule has 0 bridgehead atoms. The fraction of sp³-hybridized carbons (Fsp3) is 0.923. The van der Waals surface area contributed by atoms with E-state index < -0.39 is 0 Å². The predicted molar refractivity (Wildman–Crippen MR) is 75.9 cm³/mol. The molecule has 17 heavy (non-hydrogen) atoms. The molecule has 0 atom stereocenters. The molecule has 0 amide bonds. The van der Waals surface area contributed by atoms with Crippen molar-refractivity contribution < 1.29 is 4.48 Å². The number of unbranched alkanes of at least 4 members (excludes halogenated alkanes) is 2. The van der Waals surface area contributed by atoms with Crippen molar-refractivity contribution in [3.8, 4) is 0 Å². The molecule has 0 fully saturated rings. The molecular weight excluding hydrogens is 212 g/mol. The monoisotopic (exact) mass is 243 g/mol. The summed E-state index contributed by atoms with van der Waals surface area (Å²) in [6.45, 7) is 9.18. The van der Waals surface area contributed by atoms with E-state index in [0.717, 1.165) is 13.0 Å². The van der Waals surface area contributed by atoms with Crippen molar-refractivity contribution in [3.63, 3.8) is 0 Å². The topological polar surface area (TPSA) is 64.4 Å². The van der Waals surface area contributed by atoms with Crippen molar-refractivity contribution in [2.75, 3.05) is 33.2 Å². The first-order chi connectivity index (χ1) is 8.04. The summed E-state index contributed by atoms with van der Waals surface area (Å²) in [5.41, 5.74) is 10.6. The highest BCUT2D eigenvalue weighted by atomic mass is 15.3. The van der Waals surface area contributed by atoms with Crippen molar-refractivity contribution >= 4 is 5.96 Å². The number of hydrogen-bond donors (Lipinski definition) is 2. The number of hydrogen-bond acceptors (Lipinski definition) is 1. The molecule has 102 valence electrons. The summed E-state index contributed by atoms with van der Waals surface area (Å²) in [4.78, 5) is 4.00. The Labute approximate surface area is 107 Å². The van der Waals surface area contributed by atoms with Crippen LogP contribution in [0.3, 0.4) is 0 Å². The van der Waals surface area contributed by atoms with E-state index in [1.807, 2.05) is 0 Å². The van der Waals surface area contributed by atoms with E-state index in [0.29, 0.717) is 0 Å². The number of nitrogens with two attached hydrogens (primary N) is 2. The molecule has 0 heterocycles. The van der Waals surface area contributed by atoms with E-state index in [-0.39, 0.29) is 5.96 Å². The number of guanidine groups is 1. The van der Waals surface area contributed by atoms with Gasteiger partial charge in [0, 0.05) is 6.54 Å². The van der Waals surface area contributed by atoms with E-state index >= 15 is 0 Å². The number of quaternary nitrogens is 1. The average Bonchev–Trinajstić information content (AvgIpc) is 2.23. The molecule has 0 aromatic rings. The van der Waals surface area contributed by atoms with Gasteiger partial charge < -0.3 is 16.0 Å². The first-order valence-electron chi connectivity index (χ1n) is 6.93. The van der Waals surface area contributed by atoms with Gasteiger partial charge in [-0.3, -0.25) is 4.99 Å². The van der Waals surface area contributed by atoms with E-state index in [9.17, 15) is 0 Å². The summed E-state index contributed by atoms with van der Waals surface area (Å²) in [5, 5.41) is 0. The lowest BCUT2D eigenvalue weighted by atomic mass is 10.2. The normalized spacial score (nSPS) is 11.5.